The number of hydrogen-bond acceptors (Lipinski definition) is 3. The third-order valence-corrected chi connectivity index (χ3v) is 3.47. The van der Waals surface area contributed by atoms with Crippen molar-refractivity contribution in [3.8, 4) is 0 Å². The van der Waals surface area contributed by atoms with Gasteiger partial charge in [0.25, 0.3) is 0 Å². The largest absolute Gasteiger partial charge is 0.336 e. The monoisotopic (exact) mass is 211 g/mol. The van der Waals surface area contributed by atoms with Crippen LogP contribution >= 0.6 is 0 Å². The average molecular weight is 211 g/mol. The first-order valence-corrected chi connectivity index (χ1v) is 5.91. The molecule has 0 bridgehead atoms. The van der Waals surface area contributed by atoms with Crippen LogP contribution in [0.25, 0.3) is 0 Å². The second-order valence-corrected chi connectivity index (χ2v) is 4.79. The van der Waals surface area contributed by atoms with Gasteiger partial charge in [0.05, 0.1) is 6.04 Å². The van der Waals surface area contributed by atoms with E-state index in [0.29, 0.717) is 11.9 Å². The Balaban J connectivity index is 1.94. The summed E-state index contributed by atoms with van der Waals surface area (Å²) in [4.78, 5) is 16.5. The van der Waals surface area contributed by atoms with E-state index in [9.17, 15) is 4.79 Å². The molecule has 15 heavy (non-hydrogen) atoms. The Hall–Kier alpha value is -0.610. The van der Waals surface area contributed by atoms with Crippen molar-refractivity contribution < 1.29 is 4.79 Å². The summed E-state index contributed by atoms with van der Waals surface area (Å²) in [5.74, 6) is 0.313. The molecule has 1 unspecified atom stereocenters. The molecule has 0 aliphatic carbocycles. The lowest BCUT2D eigenvalue weighted by atomic mass is 10.1. The molecule has 0 radical (unpaired) electrons. The van der Waals surface area contributed by atoms with Crippen LogP contribution in [0.3, 0.4) is 0 Å². The molecule has 2 rings (SSSR count). The van der Waals surface area contributed by atoms with Crippen molar-refractivity contribution in [2.45, 2.75) is 31.8 Å². The Morgan fingerprint density at radius 2 is 2.20 bits per heavy atom. The van der Waals surface area contributed by atoms with Gasteiger partial charge in [0, 0.05) is 25.7 Å². The Labute approximate surface area is 91.6 Å². The van der Waals surface area contributed by atoms with Gasteiger partial charge >= 0.3 is 0 Å². The summed E-state index contributed by atoms with van der Waals surface area (Å²) < 4.78 is 0. The van der Waals surface area contributed by atoms with Crippen molar-refractivity contribution in [1.82, 2.24) is 15.1 Å². The molecule has 2 heterocycles. The normalized spacial score (nSPS) is 33.3. The van der Waals surface area contributed by atoms with Gasteiger partial charge in [0.15, 0.2) is 0 Å². The first-order chi connectivity index (χ1) is 7.18. The quantitative estimate of drug-likeness (QED) is 0.658. The number of carbonyl (C=O) groups excluding carboxylic acids is 1. The Bertz CT molecular complexity index is 238. The molecule has 2 fully saturated rings. The highest BCUT2D eigenvalue weighted by Gasteiger charge is 2.31. The Morgan fingerprint density at radius 1 is 1.40 bits per heavy atom. The lowest BCUT2D eigenvalue weighted by molar-refractivity contribution is -0.137. The number of likely N-dealkylation sites (N-methyl/N-ethyl adjacent to an activating group) is 1. The number of hydrogen-bond donors (Lipinski definition) is 1. The van der Waals surface area contributed by atoms with Gasteiger partial charge in [-0.3, -0.25) is 4.79 Å². The maximum absolute atomic E-state index is 12.2. The smallest absolute Gasteiger partial charge is 0.240 e. The molecule has 1 N–H and O–H groups in total. The van der Waals surface area contributed by atoms with Crippen LogP contribution in [-0.2, 0) is 4.79 Å². The van der Waals surface area contributed by atoms with Gasteiger partial charge in [-0.25, -0.2) is 0 Å². The highest BCUT2D eigenvalue weighted by Crippen LogP contribution is 2.14. The van der Waals surface area contributed by atoms with Crippen LogP contribution in [0, 0.1) is 0 Å². The average Bonchev–Trinajstić information content (AvgIpc) is 2.69. The number of carbonyl (C=O) groups is 1. The molecule has 4 heteroatoms. The molecule has 0 aromatic heterocycles. The van der Waals surface area contributed by atoms with Gasteiger partial charge in [-0.05, 0) is 33.4 Å². The summed E-state index contributed by atoms with van der Waals surface area (Å²) in [6.45, 7) is 6.02. The van der Waals surface area contributed by atoms with E-state index < -0.39 is 0 Å². The van der Waals surface area contributed by atoms with Gasteiger partial charge < -0.3 is 15.1 Å². The lowest BCUT2D eigenvalue weighted by Crippen LogP contribution is -2.56. The van der Waals surface area contributed by atoms with Crippen molar-refractivity contribution in [3.05, 3.63) is 0 Å². The zero-order chi connectivity index (χ0) is 10.8. The van der Waals surface area contributed by atoms with Crippen molar-refractivity contribution >= 4 is 5.91 Å². The minimum Gasteiger partial charge on any atom is -0.336 e. The molecule has 2 saturated heterocycles. The van der Waals surface area contributed by atoms with Gasteiger partial charge in [0.1, 0.15) is 0 Å². The van der Waals surface area contributed by atoms with Crippen LogP contribution in [0.4, 0.5) is 0 Å². The van der Waals surface area contributed by atoms with E-state index in [1.807, 2.05) is 4.90 Å². The number of nitrogens with one attached hydrogen (secondary N) is 1. The number of piperazine rings is 1. The predicted molar refractivity (Wildman–Crippen MR) is 59.7 cm³/mol. The van der Waals surface area contributed by atoms with Crippen molar-refractivity contribution in [2.24, 2.45) is 0 Å². The van der Waals surface area contributed by atoms with E-state index >= 15 is 0 Å². The van der Waals surface area contributed by atoms with Crippen LogP contribution < -0.4 is 5.32 Å². The van der Waals surface area contributed by atoms with Crippen LogP contribution in [0.5, 0.6) is 0 Å². The summed E-state index contributed by atoms with van der Waals surface area (Å²) in [6, 6.07) is 0.453. The summed E-state index contributed by atoms with van der Waals surface area (Å²) in [5.41, 5.74) is 0. The molecule has 0 spiro atoms. The molecule has 1 amide bonds. The van der Waals surface area contributed by atoms with Crippen LogP contribution in [0.1, 0.15) is 19.8 Å². The second-order valence-electron chi connectivity index (χ2n) is 4.79. The van der Waals surface area contributed by atoms with Crippen molar-refractivity contribution in [3.63, 3.8) is 0 Å². The van der Waals surface area contributed by atoms with Gasteiger partial charge in [-0.1, -0.05) is 0 Å². The van der Waals surface area contributed by atoms with E-state index in [-0.39, 0.29) is 6.04 Å². The van der Waals surface area contributed by atoms with Crippen LogP contribution in [0.15, 0.2) is 0 Å². The summed E-state index contributed by atoms with van der Waals surface area (Å²) >= 11 is 0. The third-order valence-electron chi connectivity index (χ3n) is 3.47. The second kappa shape index (κ2) is 4.49. The van der Waals surface area contributed by atoms with E-state index in [1.165, 1.54) is 0 Å². The lowest BCUT2D eigenvalue weighted by Gasteiger charge is -2.39. The molecule has 0 aromatic rings. The van der Waals surface area contributed by atoms with E-state index in [1.54, 1.807) is 0 Å². The third kappa shape index (κ3) is 2.32. The molecular weight excluding hydrogens is 190 g/mol. The Morgan fingerprint density at radius 3 is 2.80 bits per heavy atom. The van der Waals surface area contributed by atoms with Crippen molar-refractivity contribution in [2.75, 3.05) is 33.2 Å². The van der Waals surface area contributed by atoms with Gasteiger partial charge in [-0.15, -0.1) is 0 Å². The van der Waals surface area contributed by atoms with E-state index in [4.69, 9.17) is 0 Å². The maximum Gasteiger partial charge on any atom is 0.240 e. The van der Waals surface area contributed by atoms with E-state index in [0.717, 1.165) is 39.0 Å². The van der Waals surface area contributed by atoms with Gasteiger partial charge in [-0.2, -0.15) is 0 Å². The van der Waals surface area contributed by atoms with Crippen molar-refractivity contribution in [1.29, 1.82) is 0 Å². The molecule has 2 atom stereocenters. The number of nitrogens with zero attached hydrogens (tertiary/aromatic N) is 2. The summed E-state index contributed by atoms with van der Waals surface area (Å²) in [7, 11) is 2.12. The highest BCUT2D eigenvalue weighted by atomic mass is 16.2. The molecule has 2 aliphatic rings. The first-order valence-electron chi connectivity index (χ1n) is 5.91. The Kier molecular flexibility index (Phi) is 3.26. The predicted octanol–water partition coefficient (Wildman–Crippen LogP) is -0.0991. The zero-order valence-corrected chi connectivity index (χ0v) is 9.70. The number of rotatable bonds is 1. The molecule has 0 aromatic carbocycles. The molecular formula is C11H21N3O. The molecule has 86 valence electrons. The van der Waals surface area contributed by atoms with Gasteiger partial charge in [0.2, 0.25) is 5.91 Å². The maximum atomic E-state index is 12.2. The summed E-state index contributed by atoms with van der Waals surface area (Å²) in [6.07, 6.45) is 2.15. The highest BCUT2D eigenvalue weighted by molar-refractivity contribution is 5.82. The fraction of sp³-hybridized carbons (Fsp3) is 0.909. The SMILES string of the molecule is CC1CN(C)CCN1C(=O)[C@@H]1CCCN1. The fourth-order valence-electron chi connectivity index (χ4n) is 2.56. The summed E-state index contributed by atoms with van der Waals surface area (Å²) in [5, 5.41) is 3.28. The number of amides is 1. The fourth-order valence-corrected chi connectivity index (χ4v) is 2.56. The van der Waals surface area contributed by atoms with Crippen LogP contribution in [0.2, 0.25) is 0 Å². The molecule has 0 saturated carbocycles. The minimum atomic E-state index is 0.0934. The van der Waals surface area contributed by atoms with E-state index in [2.05, 4.69) is 24.2 Å². The van der Waals surface area contributed by atoms with Crippen LogP contribution in [-0.4, -0.2) is 61.0 Å². The molecule has 4 nitrogen and oxygen atoms in total. The zero-order valence-electron chi connectivity index (χ0n) is 9.70. The topological polar surface area (TPSA) is 35.6 Å². The first kappa shape index (κ1) is 10.9. The molecule has 2 aliphatic heterocycles. The minimum absolute atomic E-state index is 0.0934. The standard InChI is InChI=1S/C11H21N3O/c1-9-8-13(2)6-7-14(9)11(15)10-4-3-5-12-10/h9-10,12H,3-8H2,1-2H3/t9?,10-/m0/s1.